The van der Waals surface area contributed by atoms with E-state index in [9.17, 15) is 20.1 Å². The summed E-state index contributed by atoms with van der Waals surface area (Å²) in [6.07, 6.45) is 6.82. The summed E-state index contributed by atoms with van der Waals surface area (Å²) < 4.78 is 45.6. The summed E-state index contributed by atoms with van der Waals surface area (Å²) in [6.45, 7) is 25.0. The summed E-state index contributed by atoms with van der Waals surface area (Å²) in [5, 5.41) is 30.2. The molecule has 1 aromatic carbocycles. The molecule has 0 spiro atoms. The van der Waals surface area contributed by atoms with Gasteiger partial charge in [-0.2, -0.15) is 0 Å². The van der Waals surface area contributed by atoms with E-state index < -0.39 is 25.2 Å². The highest BCUT2D eigenvalue weighted by Crippen LogP contribution is 2.61. The standard InChI is InChI=1S/C46H78O11SSi6/c1-43(2,40(52-59-7)53-60-8)34(38-25-31-19-17-18-21-37(31)58-38)24-23-33-32(20-15-13-14-16-22-39(50)51-30-46(27-47,28-48)29-49)35(44(3,4)41(54-61-9)55-62-10)26-36(33)45(5,6)42(56-63-11)57-64-12/h17-19,21,25,32-36,40-42,47-49H,13-16,20,22-24,26-30H2,1-12H3/t32-,33-,34+,35-,36-/m1/s1. The minimum absolute atomic E-state index is 0.177. The third-order valence-electron chi connectivity index (χ3n) is 13.9. The number of carbonyl (C=O) groups is 1. The van der Waals surface area contributed by atoms with Gasteiger partial charge in [-0.3, -0.25) is 4.79 Å². The molecule has 0 amide bonds. The first-order valence-corrected chi connectivity index (χ1v) is 32.2. The average molecular weight is 1010 g/mol. The van der Waals surface area contributed by atoms with Crippen LogP contribution in [-0.2, 0) is 36.1 Å². The lowest BCUT2D eigenvalue weighted by Gasteiger charge is -2.44. The molecule has 3 rings (SSSR count). The van der Waals surface area contributed by atoms with Gasteiger partial charge in [0.1, 0.15) is 25.5 Å². The Morgan fingerprint density at radius 1 is 0.672 bits per heavy atom. The molecule has 1 heterocycles. The third kappa shape index (κ3) is 15.3. The number of benzene rings is 1. The molecule has 12 radical (unpaired) electrons. The Labute approximate surface area is 405 Å². The molecule has 2 aromatic rings. The summed E-state index contributed by atoms with van der Waals surface area (Å²) in [5.74, 6) is 1.09. The van der Waals surface area contributed by atoms with E-state index in [1.165, 1.54) is 15.0 Å². The zero-order valence-electron chi connectivity index (χ0n) is 40.7. The maximum atomic E-state index is 12.7. The minimum atomic E-state index is -1.23. The van der Waals surface area contributed by atoms with Gasteiger partial charge in [-0.05, 0) is 113 Å². The van der Waals surface area contributed by atoms with Crippen LogP contribution in [0.25, 0.3) is 10.1 Å². The van der Waals surface area contributed by atoms with Gasteiger partial charge in [0.05, 0.1) is 25.2 Å². The number of esters is 1. The molecular formula is C46H78O11SSi6. The first-order chi connectivity index (χ1) is 30.5. The fourth-order valence-corrected chi connectivity index (χ4v) is 15.0. The fourth-order valence-electron chi connectivity index (χ4n) is 9.91. The number of unbranched alkanes of at least 4 members (excludes halogenated alkanes) is 3. The van der Waals surface area contributed by atoms with Crippen LogP contribution in [0.3, 0.4) is 0 Å². The quantitative estimate of drug-likeness (QED) is 0.0269. The Morgan fingerprint density at radius 3 is 1.62 bits per heavy atom. The van der Waals surface area contributed by atoms with Gasteiger partial charge < -0.3 is 46.6 Å². The molecular weight excluding hydrogens is 929 g/mol. The molecule has 1 aliphatic rings. The lowest BCUT2D eigenvalue weighted by Crippen LogP contribution is -2.44. The molecule has 0 bridgehead atoms. The molecule has 0 unspecified atom stereocenters. The van der Waals surface area contributed by atoms with Crippen molar-refractivity contribution in [2.24, 2.45) is 45.3 Å². The summed E-state index contributed by atoms with van der Waals surface area (Å²) in [4.78, 5) is 14.0. The smallest absolute Gasteiger partial charge is 0.305 e. The Kier molecular flexibility index (Phi) is 25.6. The number of thiophene rings is 1. The van der Waals surface area contributed by atoms with E-state index in [0.29, 0.717) is 82.8 Å². The van der Waals surface area contributed by atoms with Gasteiger partial charge in [-0.1, -0.05) is 79.0 Å². The SMILES string of the molecule is C[Si]OC(O[Si]C)C(C)(C)[C@@H]1C[C@@H](C(C)(C)C(O[Si]C)O[Si]C)[C@H](CC[C@@H](c2cc3ccccc3s2)C(C)(C)C(O[Si]C)O[Si]C)[C@H]1CCCCCCC(=O)OCC(CO)(CO)CO. The van der Waals surface area contributed by atoms with Gasteiger partial charge in [-0.25, -0.2) is 0 Å². The van der Waals surface area contributed by atoms with Crippen LogP contribution in [-0.4, -0.2) is 125 Å². The molecule has 1 saturated carbocycles. The zero-order valence-corrected chi connectivity index (χ0v) is 47.5. The Morgan fingerprint density at radius 2 is 1.14 bits per heavy atom. The second-order valence-corrected chi connectivity index (χ2v) is 24.1. The molecule has 64 heavy (non-hydrogen) atoms. The highest BCUT2D eigenvalue weighted by atomic mass is 32.1. The van der Waals surface area contributed by atoms with Crippen molar-refractivity contribution in [1.82, 2.24) is 0 Å². The van der Waals surface area contributed by atoms with Gasteiger partial charge >= 0.3 is 5.97 Å². The monoisotopic (exact) mass is 1010 g/mol. The topological polar surface area (TPSA) is 142 Å². The van der Waals surface area contributed by atoms with Crippen LogP contribution in [0.1, 0.15) is 110 Å². The normalized spacial score (nSPS) is 19.5. The van der Waals surface area contributed by atoms with Crippen LogP contribution in [0, 0.1) is 45.3 Å². The van der Waals surface area contributed by atoms with Crippen LogP contribution >= 0.6 is 11.3 Å². The van der Waals surface area contributed by atoms with Crippen molar-refractivity contribution in [3.05, 3.63) is 35.2 Å². The Bertz CT molecular complexity index is 1560. The van der Waals surface area contributed by atoms with Crippen LogP contribution < -0.4 is 0 Å². The van der Waals surface area contributed by atoms with E-state index in [-0.39, 0.29) is 65.9 Å². The summed E-state index contributed by atoms with van der Waals surface area (Å²) >= 11 is 1.90. The molecule has 11 nitrogen and oxygen atoms in total. The van der Waals surface area contributed by atoms with Crippen molar-refractivity contribution in [2.75, 3.05) is 26.4 Å². The van der Waals surface area contributed by atoms with Gasteiger partial charge in [-0.15, -0.1) is 11.3 Å². The molecule has 18 heteroatoms. The van der Waals surface area contributed by atoms with Gasteiger partial charge in [0.25, 0.3) is 0 Å². The first-order valence-electron chi connectivity index (χ1n) is 22.9. The van der Waals surface area contributed by atoms with Gasteiger partial charge in [0.2, 0.25) is 58.6 Å². The van der Waals surface area contributed by atoms with E-state index in [2.05, 4.69) is 111 Å². The first kappa shape index (κ1) is 57.9. The van der Waals surface area contributed by atoms with Crippen LogP contribution in [0.4, 0.5) is 0 Å². The van der Waals surface area contributed by atoms with E-state index in [1.807, 2.05) is 11.3 Å². The van der Waals surface area contributed by atoms with Crippen molar-refractivity contribution in [3.8, 4) is 0 Å². The predicted octanol–water partition coefficient (Wildman–Crippen LogP) is 8.64. The molecule has 3 N–H and O–H groups in total. The summed E-state index contributed by atoms with van der Waals surface area (Å²) in [7, 11) is 1.86. The maximum Gasteiger partial charge on any atom is 0.305 e. The molecule has 0 aliphatic heterocycles. The van der Waals surface area contributed by atoms with Crippen LogP contribution in [0.15, 0.2) is 30.3 Å². The van der Waals surface area contributed by atoms with Crippen molar-refractivity contribution >= 4 is 86.0 Å². The highest BCUT2D eigenvalue weighted by molar-refractivity contribution is 7.19. The van der Waals surface area contributed by atoms with Crippen molar-refractivity contribution < 1.29 is 51.4 Å². The second kappa shape index (κ2) is 28.3. The molecule has 358 valence electrons. The molecule has 1 fully saturated rings. The molecule has 0 saturated heterocycles. The van der Waals surface area contributed by atoms with Crippen molar-refractivity contribution in [2.45, 2.75) is 163 Å². The summed E-state index contributed by atoms with van der Waals surface area (Å²) in [5.41, 5.74) is -2.13. The number of hydrogen-bond donors (Lipinski definition) is 3. The zero-order chi connectivity index (χ0) is 47.6. The Hall–Kier alpha value is -0.409. The number of carbonyl (C=O) groups excluding carboxylic acids is 1. The fraction of sp³-hybridized carbons (Fsp3) is 0.804. The molecule has 1 aromatic heterocycles. The van der Waals surface area contributed by atoms with E-state index in [4.69, 9.17) is 31.3 Å². The number of ether oxygens (including phenoxy) is 1. The molecule has 1 aliphatic carbocycles. The number of aliphatic hydroxyl groups excluding tert-OH is 3. The Balaban J connectivity index is 2.07. The number of rotatable bonds is 34. The van der Waals surface area contributed by atoms with Gasteiger partial charge in [0, 0.05) is 38.2 Å². The average Bonchev–Trinajstić information content (AvgIpc) is 3.88. The van der Waals surface area contributed by atoms with Crippen molar-refractivity contribution in [1.29, 1.82) is 0 Å². The lowest BCUT2D eigenvalue weighted by atomic mass is 9.66. The molecule has 5 atom stereocenters. The number of aliphatic hydroxyl groups is 3. The maximum absolute atomic E-state index is 12.7. The second-order valence-electron chi connectivity index (χ2n) is 19.1. The van der Waals surface area contributed by atoms with E-state index in [0.717, 1.165) is 44.9 Å². The van der Waals surface area contributed by atoms with Crippen LogP contribution in [0.5, 0.6) is 0 Å². The predicted molar refractivity (Wildman–Crippen MR) is 264 cm³/mol. The largest absolute Gasteiger partial charge is 0.465 e. The van der Waals surface area contributed by atoms with E-state index >= 15 is 0 Å². The van der Waals surface area contributed by atoms with Crippen molar-refractivity contribution in [3.63, 3.8) is 0 Å². The minimum Gasteiger partial charge on any atom is -0.465 e. The van der Waals surface area contributed by atoms with E-state index in [1.54, 1.807) is 0 Å². The van der Waals surface area contributed by atoms with Gasteiger partial charge in [0.15, 0.2) is 0 Å². The number of fused-ring (bicyclic) bond motifs is 1. The lowest BCUT2D eigenvalue weighted by molar-refractivity contribution is -0.151. The number of hydrogen-bond acceptors (Lipinski definition) is 12. The van der Waals surface area contributed by atoms with Crippen LogP contribution in [0.2, 0.25) is 39.3 Å². The highest BCUT2D eigenvalue weighted by Gasteiger charge is 2.57. The third-order valence-corrected chi connectivity index (χ3v) is 17.8. The summed E-state index contributed by atoms with van der Waals surface area (Å²) in [6, 6.07) is 11.1.